The van der Waals surface area contributed by atoms with Crippen LogP contribution in [0, 0.1) is 12.7 Å². The van der Waals surface area contributed by atoms with Crippen LogP contribution >= 0.6 is 0 Å². The lowest BCUT2D eigenvalue weighted by atomic mass is 10.1. The van der Waals surface area contributed by atoms with E-state index in [9.17, 15) is 17.6 Å². The summed E-state index contributed by atoms with van der Waals surface area (Å²) in [6.07, 6.45) is -3.32. The van der Waals surface area contributed by atoms with Crippen molar-refractivity contribution in [3.63, 3.8) is 0 Å². The van der Waals surface area contributed by atoms with Crippen molar-refractivity contribution in [1.29, 1.82) is 0 Å². The van der Waals surface area contributed by atoms with Gasteiger partial charge in [0.25, 0.3) is 0 Å². The molecule has 8 nitrogen and oxygen atoms in total. The Morgan fingerprint density at radius 3 is 2.61 bits per heavy atom. The smallest absolute Gasteiger partial charge is 0.378 e. The lowest BCUT2D eigenvalue weighted by molar-refractivity contribution is -0.137. The summed E-state index contributed by atoms with van der Waals surface area (Å²) in [5, 5.41) is 13.4. The molecule has 0 unspecified atom stereocenters. The van der Waals surface area contributed by atoms with Gasteiger partial charge in [0.2, 0.25) is 0 Å². The lowest BCUT2D eigenvalue weighted by Gasteiger charge is -2.28. The van der Waals surface area contributed by atoms with Crippen molar-refractivity contribution in [1.82, 2.24) is 20.2 Å². The van der Waals surface area contributed by atoms with Crippen LogP contribution in [0.25, 0.3) is 5.70 Å². The predicted octanol–water partition coefficient (Wildman–Crippen LogP) is 6.11. The van der Waals surface area contributed by atoms with Crippen molar-refractivity contribution >= 4 is 28.8 Å². The van der Waals surface area contributed by atoms with E-state index in [1.165, 1.54) is 18.2 Å². The molecule has 0 aliphatic carbocycles. The maximum absolute atomic E-state index is 14.5. The highest BCUT2D eigenvalue weighted by Gasteiger charge is 2.30. The second kappa shape index (κ2) is 12.0. The van der Waals surface area contributed by atoms with Gasteiger partial charge >= 0.3 is 6.18 Å². The van der Waals surface area contributed by atoms with Crippen molar-refractivity contribution in [3.8, 4) is 0 Å². The summed E-state index contributed by atoms with van der Waals surface area (Å²) in [4.78, 5) is 11.2. The number of aromatic amines is 1. The molecule has 1 fully saturated rings. The Balaban J connectivity index is 1.21. The average Bonchev–Trinajstić information content (AvgIpc) is 3.40. The highest BCUT2D eigenvalue weighted by Crippen LogP contribution is 2.31. The average molecular weight is 568 g/mol. The first-order chi connectivity index (χ1) is 19.6. The number of hydrogen-bond donors (Lipinski definition) is 3. The third-order valence-corrected chi connectivity index (χ3v) is 6.58. The first-order valence-corrected chi connectivity index (χ1v) is 13.1. The predicted molar refractivity (Wildman–Crippen MR) is 150 cm³/mol. The summed E-state index contributed by atoms with van der Waals surface area (Å²) < 4.78 is 59.2. The van der Waals surface area contributed by atoms with Crippen LogP contribution in [0.2, 0.25) is 0 Å². The third kappa shape index (κ3) is 7.20. The largest absolute Gasteiger partial charge is 0.416 e. The summed E-state index contributed by atoms with van der Waals surface area (Å²) in [6, 6.07) is 13.1. The van der Waals surface area contributed by atoms with Crippen molar-refractivity contribution in [2.75, 3.05) is 41.8 Å². The number of H-pyrrole nitrogens is 1. The summed E-state index contributed by atoms with van der Waals surface area (Å²) in [5.74, 6) is 2.17. The molecule has 0 saturated carbocycles. The molecule has 1 aliphatic rings. The molecular formula is C29H29F4N7O. The van der Waals surface area contributed by atoms with E-state index >= 15 is 0 Å². The SMILES string of the molecule is C=C(Nc1cc(CCc2cc(Nc3cc(N4CCOCC4)nc(C)n3)n[nH]2)ccc1F)c1cccc(C(F)(F)F)c1. The Kier molecular flexibility index (Phi) is 8.20. The maximum atomic E-state index is 14.5. The molecule has 0 spiro atoms. The van der Waals surface area contributed by atoms with E-state index in [1.807, 2.05) is 19.1 Å². The topological polar surface area (TPSA) is 91.0 Å². The Labute approximate surface area is 234 Å². The highest BCUT2D eigenvalue weighted by molar-refractivity contribution is 5.76. The first-order valence-electron chi connectivity index (χ1n) is 13.1. The minimum atomic E-state index is -4.48. The first kappa shape index (κ1) is 28.1. The van der Waals surface area contributed by atoms with Crippen LogP contribution in [0.1, 0.15) is 28.2 Å². The zero-order valence-electron chi connectivity index (χ0n) is 22.4. The molecule has 5 rings (SSSR count). The molecule has 0 atom stereocenters. The molecule has 41 heavy (non-hydrogen) atoms. The monoisotopic (exact) mass is 567 g/mol. The summed E-state index contributed by atoms with van der Waals surface area (Å²) in [5.41, 5.74) is 1.40. The molecule has 1 saturated heterocycles. The number of halogens is 4. The Bertz CT molecular complexity index is 1530. The highest BCUT2D eigenvalue weighted by atomic mass is 19.4. The molecular weight excluding hydrogens is 538 g/mol. The van der Waals surface area contributed by atoms with Crippen molar-refractivity contribution in [3.05, 3.63) is 95.2 Å². The number of ether oxygens (including phenoxy) is 1. The van der Waals surface area contributed by atoms with Crippen LogP contribution in [0.15, 0.2) is 61.2 Å². The molecule has 4 aromatic rings. The van der Waals surface area contributed by atoms with E-state index in [4.69, 9.17) is 4.74 Å². The second-order valence-corrected chi connectivity index (χ2v) is 9.66. The van der Waals surface area contributed by atoms with Gasteiger partial charge in [-0.05, 0) is 55.2 Å². The zero-order valence-corrected chi connectivity index (χ0v) is 22.4. The van der Waals surface area contributed by atoms with Crippen LogP contribution < -0.4 is 15.5 Å². The Morgan fingerprint density at radius 2 is 1.83 bits per heavy atom. The molecule has 3 N–H and O–H groups in total. The zero-order chi connectivity index (χ0) is 29.0. The van der Waals surface area contributed by atoms with Gasteiger partial charge in [-0.15, -0.1) is 0 Å². The molecule has 3 heterocycles. The van der Waals surface area contributed by atoms with Gasteiger partial charge in [0, 0.05) is 36.6 Å². The van der Waals surface area contributed by atoms with Gasteiger partial charge < -0.3 is 20.3 Å². The summed E-state index contributed by atoms with van der Waals surface area (Å²) in [6.45, 7) is 8.49. The van der Waals surface area contributed by atoms with Crippen molar-refractivity contribution < 1.29 is 22.3 Å². The number of anilines is 4. The molecule has 1 aliphatic heterocycles. The molecule has 2 aromatic carbocycles. The minimum Gasteiger partial charge on any atom is -0.378 e. The van der Waals surface area contributed by atoms with E-state index in [1.54, 1.807) is 12.1 Å². The lowest BCUT2D eigenvalue weighted by Crippen LogP contribution is -2.36. The Morgan fingerprint density at radius 1 is 1.02 bits per heavy atom. The van der Waals surface area contributed by atoms with Gasteiger partial charge in [-0.3, -0.25) is 5.10 Å². The molecule has 12 heteroatoms. The van der Waals surface area contributed by atoms with E-state index in [-0.39, 0.29) is 16.9 Å². The van der Waals surface area contributed by atoms with Crippen molar-refractivity contribution in [2.24, 2.45) is 0 Å². The van der Waals surface area contributed by atoms with Crippen LogP contribution in [-0.4, -0.2) is 46.5 Å². The number of hydrogen-bond acceptors (Lipinski definition) is 7. The second-order valence-electron chi connectivity index (χ2n) is 9.66. The van der Waals surface area contributed by atoms with Crippen LogP contribution in [0.5, 0.6) is 0 Å². The van der Waals surface area contributed by atoms with Gasteiger partial charge in [0.1, 0.15) is 23.3 Å². The summed E-state index contributed by atoms with van der Waals surface area (Å²) in [7, 11) is 0. The molecule has 0 bridgehead atoms. The number of morpholine rings is 1. The third-order valence-electron chi connectivity index (χ3n) is 6.58. The molecule has 214 valence electrons. The van der Waals surface area contributed by atoms with Crippen LogP contribution in [-0.2, 0) is 23.8 Å². The van der Waals surface area contributed by atoms with E-state index < -0.39 is 17.6 Å². The van der Waals surface area contributed by atoms with Gasteiger partial charge in [0.05, 0.1) is 24.5 Å². The molecule has 0 radical (unpaired) electrons. The van der Waals surface area contributed by atoms with Gasteiger partial charge in [-0.25, -0.2) is 14.4 Å². The van der Waals surface area contributed by atoms with E-state index in [2.05, 4.69) is 42.3 Å². The Hall–Kier alpha value is -4.45. The quantitative estimate of drug-likeness (QED) is 0.210. The maximum Gasteiger partial charge on any atom is 0.416 e. The molecule has 2 aromatic heterocycles. The standard InChI is InChI=1S/C29H29F4N7O/c1-18(21-4-3-5-22(15-21)29(31,32)33)34-25-14-20(7-9-24(25)30)6-8-23-16-27(39-38-23)37-26-17-28(36-19(2)35-26)40-10-12-41-13-11-40/h3-5,7,9,14-17,34H,1,6,8,10-13H2,2H3,(H2,35,36,37,38,39). The molecule has 0 amide bonds. The number of benzene rings is 2. The van der Waals surface area contributed by atoms with Gasteiger partial charge in [-0.1, -0.05) is 24.8 Å². The van der Waals surface area contributed by atoms with Gasteiger partial charge in [0.15, 0.2) is 5.82 Å². The fraction of sp³-hybridized carbons (Fsp3) is 0.276. The van der Waals surface area contributed by atoms with Gasteiger partial charge in [-0.2, -0.15) is 18.3 Å². The van der Waals surface area contributed by atoms with Crippen molar-refractivity contribution in [2.45, 2.75) is 25.9 Å². The fourth-order valence-electron chi connectivity index (χ4n) is 4.48. The normalized spacial score (nSPS) is 13.7. The van der Waals surface area contributed by atoms with Crippen LogP contribution in [0.3, 0.4) is 0 Å². The van der Waals surface area contributed by atoms with Crippen LogP contribution in [0.4, 0.5) is 40.7 Å². The van der Waals surface area contributed by atoms with E-state index in [0.717, 1.165) is 42.3 Å². The number of aryl methyl sites for hydroxylation is 3. The van der Waals surface area contributed by atoms with E-state index in [0.29, 0.717) is 43.5 Å². The number of rotatable bonds is 9. The fourth-order valence-corrected chi connectivity index (χ4v) is 4.48. The number of alkyl halides is 3. The number of nitrogens with zero attached hydrogens (tertiary/aromatic N) is 4. The number of aromatic nitrogens is 4. The summed E-state index contributed by atoms with van der Waals surface area (Å²) >= 11 is 0. The number of nitrogens with one attached hydrogen (secondary N) is 3. The minimum absolute atomic E-state index is 0.132.